The zero-order valence-electron chi connectivity index (χ0n) is 10.6. The topological polar surface area (TPSA) is 84.6 Å². The van der Waals surface area contributed by atoms with Gasteiger partial charge in [0, 0.05) is 7.11 Å². The first-order chi connectivity index (χ1) is 9.04. The molecule has 0 radical (unpaired) electrons. The van der Waals surface area contributed by atoms with Crippen LogP contribution in [0.1, 0.15) is 21.6 Å². The molecule has 100 valence electrons. The number of hydrogen-bond acceptors (Lipinski definition) is 4. The second-order valence-electron chi connectivity index (χ2n) is 4.15. The number of phenolic OH excluding ortho intramolecular Hbond substituents is 1. The highest BCUT2D eigenvalue weighted by Gasteiger charge is 2.19. The number of aromatic hydroxyl groups is 1. The lowest BCUT2D eigenvalue weighted by Gasteiger charge is -2.10. The minimum absolute atomic E-state index is 0.0393. The molecule has 0 aliphatic heterocycles. The minimum atomic E-state index is -1.08. The standard InChI is InChI=1S/C13H14N2O4/c1-8-3-4-10(12(16)5-8)15-11(7-19-2)9(6-14-15)13(17)18/h3-6,16H,7H2,1-2H3,(H,17,18). The molecule has 1 aromatic heterocycles. The van der Waals surface area contributed by atoms with E-state index in [0.29, 0.717) is 11.4 Å². The molecule has 1 heterocycles. The number of nitrogens with zero attached hydrogens (tertiary/aromatic N) is 2. The number of carboxylic acid groups (broad SMARTS) is 1. The number of ether oxygens (including phenoxy) is 1. The maximum absolute atomic E-state index is 11.1. The highest BCUT2D eigenvalue weighted by atomic mass is 16.5. The molecule has 0 aliphatic carbocycles. The number of carboxylic acids is 1. The van der Waals surface area contributed by atoms with E-state index in [1.165, 1.54) is 18.0 Å². The number of carbonyl (C=O) groups is 1. The van der Waals surface area contributed by atoms with Crippen LogP contribution >= 0.6 is 0 Å². The number of benzene rings is 1. The molecule has 0 fully saturated rings. The molecule has 0 spiro atoms. The molecule has 2 N–H and O–H groups in total. The summed E-state index contributed by atoms with van der Waals surface area (Å²) in [5.41, 5.74) is 1.77. The summed E-state index contributed by atoms with van der Waals surface area (Å²) in [7, 11) is 1.47. The number of methoxy groups -OCH3 is 1. The molecule has 2 aromatic rings. The van der Waals surface area contributed by atoms with Crippen molar-refractivity contribution < 1.29 is 19.7 Å². The number of aromatic nitrogens is 2. The summed E-state index contributed by atoms with van der Waals surface area (Å²) in [5, 5.41) is 23.0. The first-order valence-electron chi connectivity index (χ1n) is 5.63. The lowest BCUT2D eigenvalue weighted by atomic mass is 10.2. The SMILES string of the molecule is COCc1c(C(=O)O)cnn1-c1ccc(C)cc1O. The maximum Gasteiger partial charge on any atom is 0.339 e. The van der Waals surface area contributed by atoms with Crippen LogP contribution in [0.15, 0.2) is 24.4 Å². The van der Waals surface area contributed by atoms with E-state index in [9.17, 15) is 9.90 Å². The third kappa shape index (κ3) is 2.43. The number of rotatable bonds is 4. The van der Waals surface area contributed by atoms with Crippen molar-refractivity contribution >= 4 is 5.97 Å². The van der Waals surface area contributed by atoms with Gasteiger partial charge in [-0.05, 0) is 24.6 Å². The van der Waals surface area contributed by atoms with Gasteiger partial charge in [0.2, 0.25) is 0 Å². The molecule has 6 nitrogen and oxygen atoms in total. The molecule has 0 bridgehead atoms. The van der Waals surface area contributed by atoms with Crippen LogP contribution in [0, 0.1) is 6.92 Å². The van der Waals surface area contributed by atoms with Crippen molar-refractivity contribution in [3.8, 4) is 11.4 Å². The molecular weight excluding hydrogens is 248 g/mol. The van der Waals surface area contributed by atoms with E-state index in [2.05, 4.69) is 5.10 Å². The van der Waals surface area contributed by atoms with Crippen LogP contribution < -0.4 is 0 Å². The summed E-state index contributed by atoms with van der Waals surface area (Å²) in [6.07, 6.45) is 1.25. The third-order valence-electron chi connectivity index (χ3n) is 2.74. The van der Waals surface area contributed by atoms with Crippen molar-refractivity contribution in [2.45, 2.75) is 13.5 Å². The van der Waals surface area contributed by atoms with Gasteiger partial charge in [-0.1, -0.05) is 6.07 Å². The van der Waals surface area contributed by atoms with Crippen LogP contribution in [0.3, 0.4) is 0 Å². The average molecular weight is 262 g/mol. The van der Waals surface area contributed by atoms with E-state index >= 15 is 0 Å². The molecule has 0 amide bonds. The molecule has 0 atom stereocenters. The molecule has 1 aromatic carbocycles. The smallest absolute Gasteiger partial charge is 0.339 e. The van der Waals surface area contributed by atoms with Crippen LogP contribution in [0.5, 0.6) is 5.75 Å². The zero-order valence-corrected chi connectivity index (χ0v) is 10.6. The van der Waals surface area contributed by atoms with Gasteiger partial charge >= 0.3 is 5.97 Å². The summed E-state index contributed by atoms with van der Waals surface area (Å²) in [6, 6.07) is 5.09. The van der Waals surface area contributed by atoms with Gasteiger partial charge in [-0.25, -0.2) is 9.48 Å². The Kier molecular flexibility index (Phi) is 3.52. The molecule has 0 aliphatic rings. The van der Waals surface area contributed by atoms with E-state index in [1.807, 2.05) is 13.0 Å². The highest BCUT2D eigenvalue weighted by molar-refractivity contribution is 5.88. The molecule has 2 rings (SSSR count). The molecule has 0 saturated heterocycles. The van der Waals surface area contributed by atoms with Gasteiger partial charge in [0.1, 0.15) is 17.0 Å². The first-order valence-corrected chi connectivity index (χ1v) is 5.63. The van der Waals surface area contributed by atoms with Crippen molar-refractivity contribution in [2.75, 3.05) is 7.11 Å². The fourth-order valence-electron chi connectivity index (χ4n) is 1.85. The maximum atomic E-state index is 11.1. The van der Waals surface area contributed by atoms with Gasteiger partial charge in [-0.3, -0.25) is 0 Å². The van der Waals surface area contributed by atoms with E-state index in [1.54, 1.807) is 12.1 Å². The lowest BCUT2D eigenvalue weighted by molar-refractivity contribution is 0.0691. The van der Waals surface area contributed by atoms with Crippen molar-refractivity contribution in [1.29, 1.82) is 0 Å². The largest absolute Gasteiger partial charge is 0.506 e. The Bertz CT molecular complexity index is 619. The first kappa shape index (κ1) is 13.1. The normalized spacial score (nSPS) is 10.6. The predicted molar refractivity (Wildman–Crippen MR) is 67.6 cm³/mol. The van der Waals surface area contributed by atoms with Crippen LogP contribution in [-0.4, -0.2) is 33.1 Å². The van der Waals surface area contributed by atoms with Crippen LogP contribution in [0.25, 0.3) is 5.69 Å². The monoisotopic (exact) mass is 262 g/mol. The number of hydrogen-bond donors (Lipinski definition) is 2. The molecule has 6 heteroatoms. The molecular formula is C13H14N2O4. The van der Waals surface area contributed by atoms with Gasteiger partial charge in [-0.2, -0.15) is 5.10 Å². The van der Waals surface area contributed by atoms with Crippen molar-refractivity contribution in [3.05, 3.63) is 41.2 Å². The van der Waals surface area contributed by atoms with Crippen molar-refractivity contribution in [1.82, 2.24) is 9.78 Å². The average Bonchev–Trinajstić information content (AvgIpc) is 2.73. The predicted octanol–water partition coefficient (Wildman–Crippen LogP) is 1.73. The van der Waals surface area contributed by atoms with E-state index in [0.717, 1.165) is 5.56 Å². The summed E-state index contributed by atoms with van der Waals surface area (Å²) < 4.78 is 6.37. The molecule has 19 heavy (non-hydrogen) atoms. The Hall–Kier alpha value is -2.34. The quantitative estimate of drug-likeness (QED) is 0.876. The summed E-state index contributed by atoms with van der Waals surface area (Å²) in [4.78, 5) is 11.1. The summed E-state index contributed by atoms with van der Waals surface area (Å²) >= 11 is 0. The van der Waals surface area contributed by atoms with Gasteiger partial charge in [-0.15, -0.1) is 0 Å². The van der Waals surface area contributed by atoms with E-state index in [-0.39, 0.29) is 17.9 Å². The van der Waals surface area contributed by atoms with Crippen LogP contribution in [0.2, 0.25) is 0 Å². The van der Waals surface area contributed by atoms with Crippen LogP contribution in [-0.2, 0) is 11.3 Å². The Morgan fingerprint density at radius 2 is 2.21 bits per heavy atom. The van der Waals surface area contributed by atoms with Gasteiger partial charge < -0.3 is 14.9 Å². The number of phenols is 1. The Balaban J connectivity index is 2.58. The lowest BCUT2D eigenvalue weighted by Crippen LogP contribution is -2.08. The van der Waals surface area contributed by atoms with E-state index in [4.69, 9.17) is 9.84 Å². The minimum Gasteiger partial charge on any atom is -0.506 e. The Morgan fingerprint density at radius 3 is 2.79 bits per heavy atom. The second-order valence-corrected chi connectivity index (χ2v) is 4.15. The van der Waals surface area contributed by atoms with Crippen molar-refractivity contribution in [3.63, 3.8) is 0 Å². The van der Waals surface area contributed by atoms with Gasteiger partial charge in [0.15, 0.2) is 0 Å². The zero-order chi connectivity index (χ0) is 14.0. The number of aromatic carboxylic acids is 1. The highest BCUT2D eigenvalue weighted by Crippen LogP contribution is 2.25. The fourth-order valence-corrected chi connectivity index (χ4v) is 1.85. The fraction of sp³-hybridized carbons (Fsp3) is 0.231. The van der Waals surface area contributed by atoms with Gasteiger partial charge in [0.25, 0.3) is 0 Å². The number of aryl methyl sites for hydroxylation is 1. The van der Waals surface area contributed by atoms with Gasteiger partial charge in [0.05, 0.1) is 18.5 Å². The van der Waals surface area contributed by atoms with Crippen molar-refractivity contribution in [2.24, 2.45) is 0 Å². The summed E-state index contributed by atoms with van der Waals surface area (Å²) in [5.74, 6) is -1.04. The summed E-state index contributed by atoms with van der Waals surface area (Å²) in [6.45, 7) is 1.94. The molecule has 0 saturated carbocycles. The molecule has 0 unspecified atom stereocenters. The van der Waals surface area contributed by atoms with E-state index < -0.39 is 5.97 Å². The van der Waals surface area contributed by atoms with Crippen LogP contribution in [0.4, 0.5) is 0 Å². The third-order valence-corrected chi connectivity index (χ3v) is 2.74. The Labute approximate surface area is 109 Å². The second kappa shape index (κ2) is 5.11. The Morgan fingerprint density at radius 1 is 1.47 bits per heavy atom.